The number of rotatable bonds is 3. The number of aromatic nitrogens is 1. The summed E-state index contributed by atoms with van der Waals surface area (Å²) < 4.78 is 3.12. The molecule has 1 aromatic heterocycles. The molecule has 0 saturated carbocycles. The molecule has 0 unspecified atom stereocenters. The topological polar surface area (TPSA) is 25.2 Å². The predicted molar refractivity (Wildman–Crippen MR) is 63.6 cm³/mol. The summed E-state index contributed by atoms with van der Waals surface area (Å²) in [6.07, 6.45) is 1.98. The molecule has 1 aromatic carbocycles. The Balaban J connectivity index is 2.22. The molecule has 1 N–H and O–H groups in total. The summed E-state index contributed by atoms with van der Waals surface area (Å²) in [4.78, 5) is 0. The molecule has 0 amide bonds. The van der Waals surface area contributed by atoms with Crippen molar-refractivity contribution in [1.82, 2.24) is 4.57 Å². The van der Waals surface area contributed by atoms with Crippen LogP contribution in [0.25, 0.3) is 0 Å². The smallest absolute Gasteiger partial charge is 0.0832 e. The average molecular weight is 266 g/mol. The first kappa shape index (κ1) is 10.5. The van der Waals surface area contributed by atoms with Gasteiger partial charge in [-0.2, -0.15) is 0 Å². The minimum atomic E-state index is 0.0843. The van der Waals surface area contributed by atoms with Gasteiger partial charge in [-0.15, -0.1) is 0 Å². The summed E-state index contributed by atoms with van der Waals surface area (Å²) in [5.41, 5.74) is 2.16. The lowest BCUT2D eigenvalue weighted by molar-refractivity contribution is 0.271. The van der Waals surface area contributed by atoms with E-state index in [-0.39, 0.29) is 6.61 Å². The maximum atomic E-state index is 9.11. The van der Waals surface area contributed by atoms with Crippen LogP contribution in [-0.4, -0.2) is 9.67 Å². The maximum Gasteiger partial charge on any atom is 0.0832 e. The Morgan fingerprint density at radius 1 is 1.20 bits per heavy atom. The molecular weight excluding hydrogens is 254 g/mol. The second kappa shape index (κ2) is 4.64. The Labute approximate surface area is 97.3 Å². The largest absolute Gasteiger partial charge is 0.390 e. The maximum absolute atomic E-state index is 9.11. The van der Waals surface area contributed by atoms with E-state index >= 15 is 0 Å². The van der Waals surface area contributed by atoms with Gasteiger partial charge >= 0.3 is 0 Å². The minimum Gasteiger partial charge on any atom is -0.390 e. The van der Waals surface area contributed by atoms with Crippen LogP contribution in [0, 0.1) is 0 Å². The number of benzene rings is 1. The summed E-state index contributed by atoms with van der Waals surface area (Å²) >= 11 is 3.44. The molecule has 0 aliphatic carbocycles. The van der Waals surface area contributed by atoms with Gasteiger partial charge in [0.05, 0.1) is 6.61 Å². The van der Waals surface area contributed by atoms with Gasteiger partial charge in [0.15, 0.2) is 0 Å². The molecular formula is C12H12BrNO. The fourth-order valence-corrected chi connectivity index (χ4v) is 2.03. The van der Waals surface area contributed by atoms with E-state index in [9.17, 15) is 0 Å². The lowest BCUT2D eigenvalue weighted by Gasteiger charge is -2.07. The molecule has 0 spiro atoms. The van der Waals surface area contributed by atoms with E-state index in [1.807, 2.05) is 35.0 Å². The van der Waals surface area contributed by atoms with E-state index in [2.05, 4.69) is 28.1 Å². The van der Waals surface area contributed by atoms with Crippen molar-refractivity contribution in [3.8, 4) is 0 Å². The molecule has 1 heterocycles. The fraction of sp³-hybridized carbons (Fsp3) is 0.167. The lowest BCUT2D eigenvalue weighted by Crippen LogP contribution is -2.02. The molecule has 2 aromatic rings. The van der Waals surface area contributed by atoms with Crippen molar-refractivity contribution >= 4 is 15.9 Å². The fourth-order valence-electron chi connectivity index (χ4n) is 1.58. The van der Waals surface area contributed by atoms with Crippen LogP contribution in [0.2, 0.25) is 0 Å². The normalized spacial score (nSPS) is 10.5. The minimum absolute atomic E-state index is 0.0843. The molecule has 2 nitrogen and oxygen atoms in total. The molecule has 0 saturated heterocycles. The van der Waals surface area contributed by atoms with Crippen molar-refractivity contribution in [2.45, 2.75) is 13.2 Å². The predicted octanol–water partition coefficient (Wildman–Crippen LogP) is 2.79. The number of aliphatic hydroxyl groups is 1. The molecule has 0 bridgehead atoms. The SMILES string of the molecule is OCc1cccn1Cc1cccc(Br)c1. The number of aliphatic hydroxyl groups excluding tert-OH is 1. The van der Waals surface area contributed by atoms with E-state index in [4.69, 9.17) is 5.11 Å². The van der Waals surface area contributed by atoms with Crippen LogP contribution in [0.5, 0.6) is 0 Å². The van der Waals surface area contributed by atoms with Gasteiger partial charge in [0.25, 0.3) is 0 Å². The monoisotopic (exact) mass is 265 g/mol. The Kier molecular flexibility index (Phi) is 3.23. The molecule has 3 heteroatoms. The van der Waals surface area contributed by atoms with E-state index in [1.54, 1.807) is 0 Å². The number of hydrogen-bond acceptors (Lipinski definition) is 1. The third-order valence-corrected chi connectivity index (χ3v) is 2.82. The second-order valence-electron chi connectivity index (χ2n) is 3.42. The van der Waals surface area contributed by atoms with Gasteiger partial charge in [0, 0.05) is 22.9 Å². The molecule has 0 fully saturated rings. The van der Waals surface area contributed by atoms with E-state index in [0.717, 1.165) is 16.7 Å². The van der Waals surface area contributed by atoms with Gasteiger partial charge in [0.1, 0.15) is 0 Å². The zero-order chi connectivity index (χ0) is 10.7. The summed E-state index contributed by atoms with van der Waals surface area (Å²) in [6.45, 7) is 0.878. The number of nitrogens with zero attached hydrogens (tertiary/aromatic N) is 1. The highest BCUT2D eigenvalue weighted by Crippen LogP contribution is 2.14. The van der Waals surface area contributed by atoms with Gasteiger partial charge < -0.3 is 9.67 Å². The average Bonchev–Trinajstić information content (AvgIpc) is 2.65. The van der Waals surface area contributed by atoms with Crippen molar-refractivity contribution in [2.24, 2.45) is 0 Å². The van der Waals surface area contributed by atoms with E-state index in [0.29, 0.717) is 0 Å². The Morgan fingerprint density at radius 3 is 2.80 bits per heavy atom. The van der Waals surface area contributed by atoms with Crippen LogP contribution in [0.15, 0.2) is 47.1 Å². The summed E-state index contributed by atoms with van der Waals surface area (Å²) in [5.74, 6) is 0. The first-order chi connectivity index (χ1) is 7.29. The zero-order valence-electron chi connectivity index (χ0n) is 8.23. The van der Waals surface area contributed by atoms with Crippen molar-refractivity contribution in [3.05, 3.63) is 58.3 Å². The van der Waals surface area contributed by atoms with Crippen LogP contribution in [0.1, 0.15) is 11.3 Å². The first-order valence-electron chi connectivity index (χ1n) is 4.79. The number of halogens is 1. The standard InChI is InChI=1S/C12H12BrNO/c13-11-4-1-3-10(7-11)8-14-6-2-5-12(14)9-15/h1-7,15H,8-9H2. The Hall–Kier alpha value is -1.06. The van der Waals surface area contributed by atoms with Crippen LogP contribution in [-0.2, 0) is 13.2 Å². The van der Waals surface area contributed by atoms with Gasteiger partial charge in [0.2, 0.25) is 0 Å². The van der Waals surface area contributed by atoms with E-state index < -0.39 is 0 Å². The summed E-state index contributed by atoms with van der Waals surface area (Å²) in [6, 6.07) is 12.1. The zero-order valence-corrected chi connectivity index (χ0v) is 9.81. The Morgan fingerprint density at radius 2 is 2.07 bits per heavy atom. The van der Waals surface area contributed by atoms with Crippen LogP contribution < -0.4 is 0 Å². The van der Waals surface area contributed by atoms with Gasteiger partial charge in [-0.1, -0.05) is 28.1 Å². The highest BCUT2D eigenvalue weighted by atomic mass is 79.9. The van der Waals surface area contributed by atoms with Gasteiger partial charge in [-0.3, -0.25) is 0 Å². The van der Waals surface area contributed by atoms with Crippen molar-refractivity contribution in [1.29, 1.82) is 0 Å². The van der Waals surface area contributed by atoms with Crippen LogP contribution >= 0.6 is 15.9 Å². The molecule has 0 radical (unpaired) electrons. The highest BCUT2D eigenvalue weighted by Gasteiger charge is 2.00. The third kappa shape index (κ3) is 2.49. The van der Waals surface area contributed by atoms with Crippen molar-refractivity contribution < 1.29 is 5.11 Å². The number of hydrogen-bond donors (Lipinski definition) is 1. The summed E-state index contributed by atoms with van der Waals surface area (Å²) in [5, 5.41) is 9.11. The van der Waals surface area contributed by atoms with Crippen molar-refractivity contribution in [3.63, 3.8) is 0 Å². The molecule has 15 heavy (non-hydrogen) atoms. The third-order valence-electron chi connectivity index (χ3n) is 2.33. The summed E-state index contributed by atoms with van der Waals surface area (Å²) in [7, 11) is 0. The van der Waals surface area contributed by atoms with Crippen LogP contribution in [0.4, 0.5) is 0 Å². The molecule has 0 aliphatic rings. The van der Waals surface area contributed by atoms with E-state index in [1.165, 1.54) is 5.56 Å². The molecule has 2 rings (SSSR count). The van der Waals surface area contributed by atoms with Crippen LogP contribution in [0.3, 0.4) is 0 Å². The second-order valence-corrected chi connectivity index (χ2v) is 4.33. The molecule has 0 aliphatic heterocycles. The van der Waals surface area contributed by atoms with Gasteiger partial charge in [-0.25, -0.2) is 0 Å². The van der Waals surface area contributed by atoms with Gasteiger partial charge in [-0.05, 0) is 29.8 Å². The lowest BCUT2D eigenvalue weighted by atomic mass is 10.2. The molecule has 78 valence electrons. The Bertz CT molecular complexity index is 450. The highest BCUT2D eigenvalue weighted by molar-refractivity contribution is 9.10. The molecule has 0 atom stereocenters. The first-order valence-corrected chi connectivity index (χ1v) is 5.58. The quantitative estimate of drug-likeness (QED) is 0.907. The van der Waals surface area contributed by atoms with Crippen molar-refractivity contribution in [2.75, 3.05) is 0 Å².